The molecule has 1 unspecified atom stereocenters. The highest BCUT2D eigenvalue weighted by molar-refractivity contribution is 7.70. The predicted molar refractivity (Wildman–Crippen MR) is 246 cm³/mol. The van der Waals surface area contributed by atoms with Crippen molar-refractivity contribution in [3.05, 3.63) is 106 Å². The molecule has 14 nitrogen and oxygen atoms in total. The molecular weight excluding hydrogens is 853 g/mol. The Labute approximate surface area is 380 Å². The number of unbranched alkanes of at least 4 members (excludes halogenated alkanes) is 1. The van der Waals surface area contributed by atoms with Gasteiger partial charge in [-0.2, -0.15) is 0 Å². The fourth-order valence-electron chi connectivity index (χ4n) is 9.46. The molecule has 3 aromatic carbocycles. The summed E-state index contributed by atoms with van der Waals surface area (Å²) in [6.07, 6.45) is 7.18. The summed E-state index contributed by atoms with van der Waals surface area (Å²) in [6, 6.07) is 19.3. The minimum absolute atomic E-state index is 0.186. The first-order valence-electron chi connectivity index (χ1n) is 22.3. The standard InChI is InChI=1S/C48H57ClN7O7P/c1-62-42-29-36(12-11-32(42)28-44-50-30-39(49)40(51-44)27-33-8-4-5-9-43(33)64(2,3)61)53-19-17-35(18-20-53)54-21-23-55(24-22-54)46(58)10-6-7-25-63-37-13-14-38-34(26-37)31-56(48(38)60)41-15-16-45(57)52-47(41)59/h4-5,8-9,11-14,26,29-30,35,41H,6-7,10,15-25,27-28,31H2,1-3H3,(H,52,57,59). The molecule has 4 aromatic rings. The Balaban J connectivity index is 0.749. The molecule has 5 heterocycles. The summed E-state index contributed by atoms with van der Waals surface area (Å²) < 4.78 is 24.8. The summed E-state index contributed by atoms with van der Waals surface area (Å²) in [6.45, 7) is 9.43. The first-order chi connectivity index (χ1) is 30.8. The zero-order valence-electron chi connectivity index (χ0n) is 36.9. The lowest BCUT2D eigenvalue weighted by molar-refractivity contribution is -0.137. The molecule has 338 valence electrons. The van der Waals surface area contributed by atoms with Crippen molar-refractivity contribution in [1.29, 1.82) is 0 Å². The molecule has 8 rings (SSSR count). The number of amides is 4. The number of hydrogen-bond acceptors (Lipinski definition) is 11. The maximum absolute atomic E-state index is 13.1. The second-order valence-electron chi connectivity index (χ2n) is 17.6. The van der Waals surface area contributed by atoms with Gasteiger partial charge in [-0.3, -0.25) is 29.4 Å². The average molecular weight is 910 g/mol. The van der Waals surface area contributed by atoms with Crippen molar-refractivity contribution >= 4 is 53.4 Å². The van der Waals surface area contributed by atoms with Crippen LogP contribution in [0.25, 0.3) is 0 Å². The molecule has 1 atom stereocenters. The lowest BCUT2D eigenvalue weighted by Crippen LogP contribution is -2.54. The van der Waals surface area contributed by atoms with Gasteiger partial charge in [0.15, 0.2) is 0 Å². The van der Waals surface area contributed by atoms with Crippen molar-refractivity contribution in [1.82, 2.24) is 30.0 Å². The van der Waals surface area contributed by atoms with Crippen molar-refractivity contribution in [2.45, 2.75) is 76.4 Å². The van der Waals surface area contributed by atoms with Gasteiger partial charge in [-0.15, -0.1) is 0 Å². The number of fused-ring (bicyclic) bond motifs is 1. The van der Waals surface area contributed by atoms with Gasteiger partial charge in [0.2, 0.25) is 17.7 Å². The van der Waals surface area contributed by atoms with E-state index in [1.807, 2.05) is 35.2 Å². The van der Waals surface area contributed by atoms with Gasteiger partial charge in [0, 0.05) is 112 Å². The van der Waals surface area contributed by atoms with E-state index in [9.17, 15) is 23.7 Å². The number of halogens is 1. The second kappa shape index (κ2) is 19.8. The van der Waals surface area contributed by atoms with E-state index in [0.29, 0.717) is 72.7 Å². The molecule has 0 aliphatic carbocycles. The number of piperidine rings is 2. The topological polar surface area (TPSA) is 155 Å². The lowest BCUT2D eigenvalue weighted by atomic mass is 10.0. The van der Waals surface area contributed by atoms with Crippen molar-refractivity contribution in [3.8, 4) is 11.5 Å². The highest BCUT2D eigenvalue weighted by Gasteiger charge is 2.39. The average Bonchev–Trinajstić information content (AvgIpc) is 3.61. The van der Waals surface area contributed by atoms with E-state index in [-0.39, 0.29) is 24.1 Å². The van der Waals surface area contributed by atoms with Crippen LogP contribution in [-0.4, -0.2) is 127 Å². The molecule has 4 aliphatic heterocycles. The third kappa shape index (κ3) is 10.5. The normalized spacial score (nSPS) is 18.6. The Morgan fingerprint density at radius 1 is 0.906 bits per heavy atom. The van der Waals surface area contributed by atoms with Crippen molar-refractivity contribution < 1.29 is 33.2 Å². The molecule has 4 amide bonds. The maximum Gasteiger partial charge on any atom is 0.255 e. The van der Waals surface area contributed by atoms with E-state index in [4.69, 9.17) is 26.1 Å². The Morgan fingerprint density at radius 3 is 2.44 bits per heavy atom. The molecule has 0 radical (unpaired) electrons. The fourth-order valence-corrected chi connectivity index (χ4v) is 10.9. The minimum atomic E-state index is -2.48. The van der Waals surface area contributed by atoms with Crippen molar-refractivity contribution in [2.24, 2.45) is 0 Å². The monoisotopic (exact) mass is 909 g/mol. The number of imide groups is 1. The number of ether oxygens (including phenoxy) is 2. The van der Waals surface area contributed by atoms with Gasteiger partial charge < -0.3 is 28.7 Å². The predicted octanol–water partition coefficient (Wildman–Crippen LogP) is 5.69. The SMILES string of the molecule is COc1cc(N2CCC(N3CCN(C(=O)CCCCOc4ccc5c(c4)CN(C4CCC(=O)NC4=O)C5=O)CC3)CC2)ccc1Cc1ncc(Cl)c(Cc2ccccc2P(C)(C)=O)n1. The van der Waals surface area contributed by atoms with E-state index in [1.54, 1.807) is 38.8 Å². The van der Waals surface area contributed by atoms with Crippen LogP contribution in [0.15, 0.2) is 66.9 Å². The largest absolute Gasteiger partial charge is 0.496 e. The summed E-state index contributed by atoms with van der Waals surface area (Å²) >= 11 is 6.57. The third-order valence-electron chi connectivity index (χ3n) is 13.0. The van der Waals surface area contributed by atoms with Gasteiger partial charge in [0.1, 0.15) is 30.5 Å². The third-order valence-corrected chi connectivity index (χ3v) is 14.9. The van der Waals surface area contributed by atoms with Crippen LogP contribution in [0.1, 0.15) is 83.5 Å². The molecular formula is C48H57ClN7O7P. The number of carbonyl (C=O) groups excluding carboxylic acids is 4. The molecule has 64 heavy (non-hydrogen) atoms. The molecule has 3 fully saturated rings. The summed E-state index contributed by atoms with van der Waals surface area (Å²) in [5.41, 5.74) is 5.13. The molecule has 0 bridgehead atoms. The fraction of sp³-hybridized carbons (Fsp3) is 0.458. The van der Waals surface area contributed by atoms with Gasteiger partial charge in [-0.25, -0.2) is 9.97 Å². The zero-order chi connectivity index (χ0) is 45.0. The highest BCUT2D eigenvalue weighted by Crippen LogP contribution is 2.37. The number of piperazine rings is 1. The molecule has 16 heteroatoms. The Kier molecular flexibility index (Phi) is 14.0. The van der Waals surface area contributed by atoms with Crippen LogP contribution in [0.2, 0.25) is 5.02 Å². The van der Waals surface area contributed by atoms with Crippen LogP contribution in [0.3, 0.4) is 0 Å². The minimum Gasteiger partial charge on any atom is -0.496 e. The zero-order valence-corrected chi connectivity index (χ0v) is 38.5. The number of hydrogen-bond donors (Lipinski definition) is 1. The van der Waals surface area contributed by atoms with E-state index in [2.05, 4.69) is 38.3 Å². The van der Waals surface area contributed by atoms with Crippen LogP contribution in [0.4, 0.5) is 5.69 Å². The molecule has 0 saturated carbocycles. The van der Waals surface area contributed by atoms with Crippen LogP contribution in [0, 0.1) is 0 Å². The summed E-state index contributed by atoms with van der Waals surface area (Å²) in [5.74, 6) is 1.33. The van der Waals surface area contributed by atoms with Gasteiger partial charge >= 0.3 is 0 Å². The van der Waals surface area contributed by atoms with Crippen molar-refractivity contribution in [3.63, 3.8) is 0 Å². The van der Waals surface area contributed by atoms with E-state index < -0.39 is 19.1 Å². The Morgan fingerprint density at radius 2 is 1.69 bits per heavy atom. The summed E-state index contributed by atoms with van der Waals surface area (Å²) in [7, 11) is -0.787. The summed E-state index contributed by atoms with van der Waals surface area (Å²) in [5, 5.41) is 3.66. The molecule has 3 saturated heterocycles. The number of benzene rings is 3. The number of rotatable bonds is 15. The Bertz CT molecular complexity index is 2450. The number of nitrogens with one attached hydrogen (secondary N) is 1. The number of methoxy groups -OCH3 is 1. The smallest absolute Gasteiger partial charge is 0.255 e. The van der Waals surface area contributed by atoms with Crippen LogP contribution >= 0.6 is 18.7 Å². The maximum atomic E-state index is 13.1. The molecule has 1 N–H and O–H groups in total. The van der Waals surface area contributed by atoms with E-state index in [0.717, 1.165) is 98.4 Å². The van der Waals surface area contributed by atoms with Crippen LogP contribution in [-0.2, 0) is 38.3 Å². The van der Waals surface area contributed by atoms with Gasteiger partial charge in [0.25, 0.3) is 5.91 Å². The summed E-state index contributed by atoms with van der Waals surface area (Å²) in [4.78, 5) is 67.9. The Hall–Kier alpha value is -5.30. The molecule has 1 aromatic heterocycles. The number of nitrogens with zero attached hydrogens (tertiary/aromatic N) is 6. The first kappa shape index (κ1) is 45.3. The molecule has 0 spiro atoms. The first-order valence-corrected chi connectivity index (χ1v) is 25.3. The highest BCUT2D eigenvalue weighted by atomic mass is 35.5. The number of carbonyl (C=O) groups is 4. The lowest BCUT2D eigenvalue weighted by Gasteiger charge is -2.43. The van der Waals surface area contributed by atoms with E-state index >= 15 is 0 Å². The van der Waals surface area contributed by atoms with Crippen LogP contribution in [0.5, 0.6) is 11.5 Å². The van der Waals surface area contributed by atoms with Gasteiger partial charge in [-0.05, 0) is 80.8 Å². The van der Waals surface area contributed by atoms with Crippen LogP contribution < -0.4 is 25.0 Å². The molecule has 4 aliphatic rings. The number of aromatic nitrogens is 2. The van der Waals surface area contributed by atoms with Crippen molar-refractivity contribution in [2.75, 3.05) is 71.2 Å². The second-order valence-corrected chi connectivity index (χ2v) is 21.2. The number of anilines is 1. The van der Waals surface area contributed by atoms with Gasteiger partial charge in [-0.1, -0.05) is 41.9 Å². The van der Waals surface area contributed by atoms with Gasteiger partial charge in [0.05, 0.1) is 24.4 Å². The quantitative estimate of drug-likeness (QED) is 0.0889. The van der Waals surface area contributed by atoms with E-state index in [1.165, 1.54) is 4.90 Å².